The first-order chi connectivity index (χ1) is 20.7. The maximum Gasteiger partial charge on any atom is 0.181 e. The van der Waals surface area contributed by atoms with Gasteiger partial charge in [-0.1, -0.05) is 146 Å². The zero-order chi connectivity index (χ0) is 28.6. The van der Waals surface area contributed by atoms with Gasteiger partial charge in [0.2, 0.25) is 0 Å². The minimum atomic E-state index is 0.436. The van der Waals surface area contributed by atoms with E-state index in [1.165, 1.54) is 0 Å². The molecule has 6 nitrogen and oxygen atoms in total. The van der Waals surface area contributed by atoms with E-state index in [2.05, 4.69) is 36.4 Å². The van der Waals surface area contributed by atoms with Crippen LogP contribution in [0.25, 0.3) is 22.8 Å². The normalized spacial score (nSPS) is 11.9. The van der Waals surface area contributed by atoms with Crippen LogP contribution < -0.4 is 5.73 Å². The SMILES string of the molecule is NC(=NC(=NCc1ccc(Cn2nc(-c3ccccc3)nc2-c2ccccc2)cc1)c1ccccc1)c1ccccc1. The van der Waals surface area contributed by atoms with Crippen LogP contribution in [0.1, 0.15) is 22.3 Å². The third kappa shape index (κ3) is 6.40. The predicted molar refractivity (Wildman–Crippen MR) is 170 cm³/mol. The molecule has 1 aromatic heterocycles. The lowest BCUT2D eigenvalue weighted by Crippen LogP contribution is -2.16. The molecule has 0 aliphatic carbocycles. The summed E-state index contributed by atoms with van der Waals surface area (Å²) in [4.78, 5) is 14.5. The Balaban J connectivity index is 1.24. The van der Waals surface area contributed by atoms with E-state index in [1.54, 1.807) is 0 Å². The van der Waals surface area contributed by atoms with Crippen molar-refractivity contribution in [1.29, 1.82) is 0 Å². The fourth-order valence-corrected chi connectivity index (χ4v) is 4.62. The highest BCUT2D eigenvalue weighted by Gasteiger charge is 2.14. The average molecular weight is 547 g/mol. The van der Waals surface area contributed by atoms with Crippen molar-refractivity contribution in [2.75, 3.05) is 0 Å². The van der Waals surface area contributed by atoms with E-state index in [0.29, 0.717) is 30.6 Å². The first kappa shape index (κ1) is 26.6. The molecule has 2 N–H and O–H groups in total. The second-order valence-corrected chi connectivity index (χ2v) is 9.83. The van der Waals surface area contributed by atoms with Gasteiger partial charge in [0.05, 0.1) is 13.1 Å². The van der Waals surface area contributed by atoms with Crippen LogP contribution in [0.2, 0.25) is 0 Å². The molecule has 0 bridgehead atoms. The minimum absolute atomic E-state index is 0.436. The Morgan fingerprint density at radius 3 is 1.74 bits per heavy atom. The highest BCUT2D eigenvalue weighted by Crippen LogP contribution is 2.23. The molecule has 0 atom stereocenters. The molecule has 204 valence electrons. The van der Waals surface area contributed by atoms with Crippen molar-refractivity contribution in [2.24, 2.45) is 15.7 Å². The summed E-state index contributed by atoms with van der Waals surface area (Å²) in [7, 11) is 0. The van der Waals surface area contributed by atoms with Crippen LogP contribution in [0.4, 0.5) is 0 Å². The minimum Gasteiger partial charge on any atom is -0.383 e. The largest absolute Gasteiger partial charge is 0.383 e. The molecule has 0 saturated carbocycles. The lowest BCUT2D eigenvalue weighted by Gasteiger charge is -2.08. The molecule has 6 rings (SSSR count). The maximum atomic E-state index is 6.34. The second-order valence-electron chi connectivity index (χ2n) is 9.83. The van der Waals surface area contributed by atoms with E-state index in [9.17, 15) is 0 Å². The monoisotopic (exact) mass is 546 g/mol. The Hall–Kier alpha value is -5.62. The van der Waals surface area contributed by atoms with Crippen LogP contribution in [0.3, 0.4) is 0 Å². The van der Waals surface area contributed by atoms with Gasteiger partial charge in [-0.25, -0.2) is 14.7 Å². The lowest BCUT2D eigenvalue weighted by atomic mass is 10.1. The van der Waals surface area contributed by atoms with E-state index in [1.807, 2.05) is 114 Å². The summed E-state index contributed by atoms with van der Waals surface area (Å²) in [6, 6.07) is 48.4. The molecule has 0 saturated heterocycles. The fraction of sp³-hybridized carbons (Fsp3) is 0.0556. The van der Waals surface area contributed by atoms with Gasteiger partial charge in [-0.3, -0.25) is 4.99 Å². The molecule has 6 aromatic rings. The van der Waals surface area contributed by atoms with Crippen LogP contribution in [0.15, 0.2) is 156 Å². The van der Waals surface area contributed by atoms with Gasteiger partial charge in [-0.15, -0.1) is 0 Å². The van der Waals surface area contributed by atoms with Gasteiger partial charge >= 0.3 is 0 Å². The van der Waals surface area contributed by atoms with Crippen molar-refractivity contribution < 1.29 is 0 Å². The number of hydrogen-bond donors (Lipinski definition) is 1. The number of hydrogen-bond acceptors (Lipinski definition) is 3. The fourth-order valence-electron chi connectivity index (χ4n) is 4.62. The van der Waals surface area contributed by atoms with Crippen LogP contribution in [0, 0.1) is 0 Å². The molecule has 0 radical (unpaired) electrons. The van der Waals surface area contributed by atoms with Crippen molar-refractivity contribution in [3.8, 4) is 22.8 Å². The van der Waals surface area contributed by atoms with Crippen molar-refractivity contribution >= 4 is 11.7 Å². The van der Waals surface area contributed by atoms with E-state index in [4.69, 9.17) is 25.8 Å². The molecule has 0 spiro atoms. The Morgan fingerprint density at radius 1 is 0.595 bits per heavy atom. The van der Waals surface area contributed by atoms with Gasteiger partial charge in [0.25, 0.3) is 0 Å². The van der Waals surface area contributed by atoms with Gasteiger partial charge in [0.1, 0.15) is 5.84 Å². The molecular weight excluding hydrogens is 516 g/mol. The van der Waals surface area contributed by atoms with Gasteiger partial charge in [0, 0.05) is 22.3 Å². The van der Waals surface area contributed by atoms with E-state index in [0.717, 1.165) is 39.2 Å². The van der Waals surface area contributed by atoms with Crippen molar-refractivity contribution in [3.05, 3.63) is 168 Å². The van der Waals surface area contributed by atoms with Crippen molar-refractivity contribution in [2.45, 2.75) is 13.1 Å². The second kappa shape index (κ2) is 12.7. The lowest BCUT2D eigenvalue weighted by molar-refractivity contribution is 0.695. The van der Waals surface area contributed by atoms with E-state index >= 15 is 0 Å². The van der Waals surface area contributed by atoms with Gasteiger partial charge in [0.15, 0.2) is 17.5 Å². The molecule has 0 aliphatic rings. The van der Waals surface area contributed by atoms with Crippen LogP contribution >= 0.6 is 0 Å². The van der Waals surface area contributed by atoms with Crippen LogP contribution in [0.5, 0.6) is 0 Å². The summed E-state index contributed by atoms with van der Waals surface area (Å²) >= 11 is 0. The standard InChI is InChI=1S/C36H30N6/c37-33(29-13-5-1-6-14-29)39-34(30-15-7-2-8-16-30)38-25-27-21-23-28(24-22-27)26-42-36(32-19-11-4-12-20-32)40-35(41-42)31-17-9-3-10-18-31/h1-24H,25-26H2,(H2,37,38,39). The van der Waals surface area contributed by atoms with Gasteiger partial charge in [-0.05, 0) is 11.1 Å². The van der Waals surface area contributed by atoms with Crippen molar-refractivity contribution in [3.63, 3.8) is 0 Å². The number of benzene rings is 5. The molecule has 42 heavy (non-hydrogen) atoms. The van der Waals surface area contributed by atoms with Gasteiger partial charge in [-0.2, -0.15) is 5.10 Å². The summed E-state index contributed by atoms with van der Waals surface area (Å²) in [5.74, 6) is 2.59. The number of aliphatic imine (C=N–C) groups is 2. The topological polar surface area (TPSA) is 81.5 Å². The molecule has 0 aliphatic heterocycles. The number of amidine groups is 2. The average Bonchev–Trinajstić information content (AvgIpc) is 3.49. The number of rotatable bonds is 8. The smallest absolute Gasteiger partial charge is 0.181 e. The third-order valence-electron chi connectivity index (χ3n) is 6.83. The van der Waals surface area contributed by atoms with E-state index < -0.39 is 0 Å². The molecule has 0 fully saturated rings. The first-order valence-corrected chi connectivity index (χ1v) is 13.9. The molecule has 0 unspecified atom stereocenters. The third-order valence-corrected chi connectivity index (χ3v) is 6.83. The Kier molecular flexibility index (Phi) is 8.04. The highest BCUT2D eigenvalue weighted by atomic mass is 15.3. The molecule has 0 amide bonds. The number of nitrogens with zero attached hydrogens (tertiary/aromatic N) is 5. The molecule has 1 heterocycles. The number of nitrogens with two attached hydrogens (primary N) is 1. The summed E-state index contributed by atoms with van der Waals surface area (Å²) < 4.78 is 1.97. The Labute approximate surface area is 245 Å². The van der Waals surface area contributed by atoms with E-state index in [-0.39, 0.29) is 0 Å². The maximum absolute atomic E-state index is 6.34. The molecule has 6 heteroatoms. The number of aromatic nitrogens is 3. The van der Waals surface area contributed by atoms with Crippen molar-refractivity contribution in [1.82, 2.24) is 14.8 Å². The summed E-state index contributed by atoms with van der Waals surface area (Å²) in [5, 5.41) is 4.88. The van der Waals surface area contributed by atoms with Gasteiger partial charge < -0.3 is 5.73 Å². The zero-order valence-electron chi connectivity index (χ0n) is 23.1. The zero-order valence-corrected chi connectivity index (χ0v) is 23.1. The Bertz CT molecular complexity index is 1790. The summed E-state index contributed by atoms with van der Waals surface area (Å²) in [5.41, 5.74) is 12.3. The summed E-state index contributed by atoms with van der Waals surface area (Å²) in [6.45, 7) is 1.08. The van der Waals surface area contributed by atoms with Crippen LogP contribution in [-0.2, 0) is 13.1 Å². The summed E-state index contributed by atoms with van der Waals surface area (Å²) in [6.07, 6.45) is 0. The quantitative estimate of drug-likeness (QED) is 0.165. The highest BCUT2D eigenvalue weighted by molar-refractivity contribution is 6.10. The predicted octanol–water partition coefficient (Wildman–Crippen LogP) is 7.01. The molecular formula is C36H30N6. The van der Waals surface area contributed by atoms with Crippen LogP contribution in [-0.4, -0.2) is 26.4 Å². The first-order valence-electron chi connectivity index (χ1n) is 13.9. The Morgan fingerprint density at radius 2 is 1.12 bits per heavy atom. The molecule has 5 aromatic carbocycles.